The van der Waals surface area contributed by atoms with E-state index in [1.54, 1.807) is 30.3 Å². The molecule has 8 rings (SSSR count). The fraction of sp³-hybridized carbons (Fsp3) is 0.238. The molecule has 4 aliphatic rings. The van der Waals surface area contributed by atoms with E-state index in [4.69, 9.17) is 4.74 Å². The van der Waals surface area contributed by atoms with E-state index in [2.05, 4.69) is 12.0 Å². The van der Waals surface area contributed by atoms with Crippen LogP contribution in [0.5, 0.6) is 11.5 Å². The highest BCUT2D eigenvalue weighted by Gasteiger charge is 2.70. The molecule has 2 aliphatic carbocycles. The van der Waals surface area contributed by atoms with Crippen LogP contribution in [0.3, 0.4) is 0 Å². The standard InChI is InChI=1S/C42H37N3O6/c1-4-25-12-16-28(17-13-25)44-38(47)31-20-19-30-32(36(31)40(44)49)23-34-39(48)45(43-27-14-10-24(2)11-15-27)41(50)42(34,26-8-6-5-7-9-26)37(30)33-22-29(51-3)18-21-35(33)46/h4-19,21-22,31-32,34,36-37,43,46H,1,20,23H2,2-3H3. The number of nitrogens with one attached hydrogen (secondary N) is 1. The lowest BCUT2D eigenvalue weighted by atomic mass is 9.49. The molecule has 2 N–H and O–H groups in total. The fourth-order valence-electron chi connectivity index (χ4n) is 9.00. The van der Waals surface area contributed by atoms with Crippen LogP contribution in [0.4, 0.5) is 11.4 Å². The maximum Gasteiger partial charge on any atom is 0.260 e. The van der Waals surface area contributed by atoms with Crippen molar-refractivity contribution in [1.29, 1.82) is 0 Å². The number of anilines is 2. The first-order chi connectivity index (χ1) is 24.7. The van der Waals surface area contributed by atoms with Gasteiger partial charge in [0.05, 0.1) is 41.7 Å². The van der Waals surface area contributed by atoms with Crippen LogP contribution >= 0.6 is 0 Å². The number of amides is 4. The normalized spacial score (nSPS) is 26.7. The molecule has 9 heteroatoms. The molecule has 2 aliphatic heterocycles. The van der Waals surface area contributed by atoms with Crippen molar-refractivity contribution in [2.75, 3.05) is 17.4 Å². The zero-order valence-electron chi connectivity index (χ0n) is 28.3. The summed E-state index contributed by atoms with van der Waals surface area (Å²) in [5.41, 5.74) is 6.30. The number of imide groups is 2. The molecule has 9 nitrogen and oxygen atoms in total. The molecule has 6 unspecified atom stereocenters. The molecular formula is C42H37N3O6. The largest absolute Gasteiger partial charge is 0.508 e. The zero-order chi connectivity index (χ0) is 35.6. The second-order valence-corrected chi connectivity index (χ2v) is 13.8. The van der Waals surface area contributed by atoms with Gasteiger partial charge < -0.3 is 9.84 Å². The van der Waals surface area contributed by atoms with Crippen LogP contribution in [-0.2, 0) is 24.6 Å². The summed E-state index contributed by atoms with van der Waals surface area (Å²) >= 11 is 0. The number of benzene rings is 4. The van der Waals surface area contributed by atoms with Crippen LogP contribution in [0.1, 0.15) is 41.0 Å². The lowest BCUT2D eigenvalue weighted by molar-refractivity contribution is -0.138. The molecule has 6 atom stereocenters. The van der Waals surface area contributed by atoms with Crippen LogP contribution in [0.15, 0.2) is 115 Å². The number of nitrogens with zero attached hydrogens (tertiary/aromatic N) is 2. The molecule has 3 fully saturated rings. The van der Waals surface area contributed by atoms with Gasteiger partial charge >= 0.3 is 0 Å². The second kappa shape index (κ2) is 12.1. The molecule has 4 aromatic carbocycles. The van der Waals surface area contributed by atoms with E-state index in [0.29, 0.717) is 28.3 Å². The SMILES string of the molecule is C=Cc1ccc(N2C(=O)C3CC=C4C(CC5C(=O)N(Nc6ccc(C)cc6)C(=O)C5(c5ccccc5)C4c4cc(OC)ccc4O)C3C2=O)cc1. The van der Waals surface area contributed by atoms with Gasteiger partial charge in [0, 0.05) is 11.5 Å². The van der Waals surface area contributed by atoms with Crippen molar-refractivity contribution in [1.82, 2.24) is 5.01 Å². The number of phenols is 1. The lowest BCUT2D eigenvalue weighted by Crippen LogP contribution is -2.53. The van der Waals surface area contributed by atoms with Crippen molar-refractivity contribution < 1.29 is 29.0 Å². The van der Waals surface area contributed by atoms with Gasteiger partial charge in [0.15, 0.2) is 0 Å². The molecule has 256 valence electrons. The maximum atomic E-state index is 15.3. The Kier molecular flexibility index (Phi) is 7.67. The summed E-state index contributed by atoms with van der Waals surface area (Å²) < 4.78 is 5.61. The summed E-state index contributed by atoms with van der Waals surface area (Å²) in [6, 6.07) is 28.6. The van der Waals surface area contributed by atoms with Gasteiger partial charge in [-0.3, -0.25) is 29.5 Å². The minimum absolute atomic E-state index is 0.0681. The Hall–Kier alpha value is -5.96. The third-order valence-corrected chi connectivity index (χ3v) is 11.3. The number of allylic oxidation sites excluding steroid dienone is 2. The molecule has 2 saturated heterocycles. The van der Waals surface area contributed by atoms with Crippen molar-refractivity contribution >= 4 is 41.1 Å². The Balaban J connectivity index is 1.32. The monoisotopic (exact) mass is 679 g/mol. The van der Waals surface area contributed by atoms with Crippen molar-refractivity contribution in [3.8, 4) is 11.5 Å². The Morgan fingerprint density at radius 3 is 2.29 bits per heavy atom. The second-order valence-electron chi connectivity index (χ2n) is 13.8. The third-order valence-electron chi connectivity index (χ3n) is 11.3. The molecule has 2 heterocycles. The van der Waals surface area contributed by atoms with E-state index >= 15 is 4.79 Å². The van der Waals surface area contributed by atoms with Crippen LogP contribution < -0.4 is 15.1 Å². The first kappa shape index (κ1) is 32.3. The lowest BCUT2D eigenvalue weighted by Gasteiger charge is -2.50. The number of hydrazine groups is 1. The van der Waals surface area contributed by atoms with Gasteiger partial charge in [-0.15, -0.1) is 0 Å². The number of rotatable bonds is 7. The topological polar surface area (TPSA) is 116 Å². The molecule has 4 amide bonds. The number of carbonyl (C=O) groups excluding carboxylic acids is 4. The van der Waals surface area contributed by atoms with E-state index in [1.165, 1.54) is 18.1 Å². The van der Waals surface area contributed by atoms with Gasteiger partial charge in [0.1, 0.15) is 11.5 Å². The minimum Gasteiger partial charge on any atom is -0.508 e. The number of ether oxygens (including phenoxy) is 1. The zero-order valence-corrected chi connectivity index (χ0v) is 28.3. The number of hydrogen-bond acceptors (Lipinski definition) is 7. The van der Waals surface area contributed by atoms with E-state index in [0.717, 1.165) is 21.7 Å². The number of methoxy groups -OCH3 is 1. The number of aromatic hydroxyl groups is 1. The average Bonchev–Trinajstić information content (AvgIpc) is 3.54. The van der Waals surface area contributed by atoms with E-state index in [1.807, 2.05) is 79.7 Å². The quantitative estimate of drug-likeness (QED) is 0.168. The summed E-state index contributed by atoms with van der Waals surface area (Å²) in [5.74, 6) is -4.90. The summed E-state index contributed by atoms with van der Waals surface area (Å²) in [5, 5.41) is 12.7. The molecule has 51 heavy (non-hydrogen) atoms. The van der Waals surface area contributed by atoms with Gasteiger partial charge in [-0.2, -0.15) is 5.01 Å². The maximum absolute atomic E-state index is 15.3. The number of fused-ring (bicyclic) bond motifs is 4. The van der Waals surface area contributed by atoms with Gasteiger partial charge in [-0.25, -0.2) is 0 Å². The summed E-state index contributed by atoms with van der Waals surface area (Å²) in [7, 11) is 1.52. The molecule has 0 spiro atoms. The highest BCUT2D eigenvalue weighted by atomic mass is 16.5. The number of hydrogen-bond donors (Lipinski definition) is 2. The van der Waals surface area contributed by atoms with Gasteiger partial charge in [-0.1, -0.05) is 84.5 Å². The first-order valence-corrected chi connectivity index (χ1v) is 17.1. The Labute approximate surface area is 295 Å². The molecule has 0 bridgehead atoms. The van der Waals surface area contributed by atoms with Gasteiger partial charge in [0.2, 0.25) is 11.8 Å². The van der Waals surface area contributed by atoms with Crippen LogP contribution in [0.25, 0.3) is 6.08 Å². The Morgan fingerprint density at radius 2 is 1.61 bits per heavy atom. The van der Waals surface area contributed by atoms with E-state index in [-0.39, 0.29) is 30.4 Å². The minimum atomic E-state index is -1.50. The summed E-state index contributed by atoms with van der Waals surface area (Å²) in [6.07, 6.45) is 4.09. The van der Waals surface area contributed by atoms with Crippen LogP contribution in [-0.4, -0.2) is 40.9 Å². The number of carbonyl (C=O) groups is 4. The van der Waals surface area contributed by atoms with Crippen molar-refractivity contribution in [2.24, 2.45) is 23.7 Å². The molecule has 1 saturated carbocycles. The summed E-state index contributed by atoms with van der Waals surface area (Å²) in [6.45, 7) is 5.75. The summed E-state index contributed by atoms with van der Waals surface area (Å²) in [4.78, 5) is 59.9. The Bertz CT molecular complexity index is 2130. The van der Waals surface area contributed by atoms with E-state index < -0.39 is 46.8 Å². The van der Waals surface area contributed by atoms with Crippen LogP contribution in [0, 0.1) is 30.6 Å². The van der Waals surface area contributed by atoms with Gasteiger partial charge in [0.25, 0.3) is 11.8 Å². The molecular weight excluding hydrogens is 642 g/mol. The third kappa shape index (κ3) is 4.75. The predicted molar refractivity (Wildman–Crippen MR) is 192 cm³/mol. The molecule has 4 aromatic rings. The fourth-order valence-corrected chi connectivity index (χ4v) is 9.00. The van der Waals surface area contributed by atoms with Crippen molar-refractivity contribution in [3.63, 3.8) is 0 Å². The van der Waals surface area contributed by atoms with Crippen molar-refractivity contribution in [3.05, 3.63) is 138 Å². The molecule has 0 radical (unpaired) electrons. The van der Waals surface area contributed by atoms with Gasteiger partial charge in [-0.05, 0) is 79.3 Å². The average molecular weight is 680 g/mol. The highest BCUT2D eigenvalue weighted by molar-refractivity contribution is 6.22. The Morgan fingerprint density at radius 1 is 0.882 bits per heavy atom. The number of phenolic OH excluding ortho intramolecular Hbond substituents is 1. The number of aryl methyl sites for hydroxylation is 1. The van der Waals surface area contributed by atoms with Crippen LogP contribution in [0.2, 0.25) is 0 Å². The molecule has 0 aromatic heterocycles. The van der Waals surface area contributed by atoms with Crippen molar-refractivity contribution in [2.45, 2.75) is 31.1 Å². The first-order valence-electron chi connectivity index (χ1n) is 17.1. The predicted octanol–water partition coefficient (Wildman–Crippen LogP) is 6.54. The highest BCUT2D eigenvalue weighted by Crippen LogP contribution is 2.65. The van der Waals surface area contributed by atoms with E-state index in [9.17, 15) is 19.5 Å². The smallest absolute Gasteiger partial charge is 0.260 e.